The van der Waals surface area contributed by atoms with E-state index in [9.17, 15) is 0 Å². The predicted molar refractivity (Wildman–Crippen MR) is 70.5 cm³/mol. The molecule has 0 radical (unpaired) electrons. The molecular formula is C14H28N2O. The van der Waals surface area contributed by atoms with Crippen molar-refractivity contribution in [3.63, 3.8) is 0 Å². The van der Waals surface area contributed by atoms with E-state index in [-0.39, 0.29) is 5.60 Å². The second-order valence-electron chi connectivity index (χ2n) is 5.75. The Kier molecular flexibility index (Phi) is 4.83. The number of hydrazine groups is 1. The van der Waals surface area contributed by atoms with Gasteiger partial charge in [0.1, 0.15) is 0 Å². The van der Waals surface area contributed by atoms with Crippen LogP contribution in [0.1, 0.15) is 64.7 Å². The summed E-state index contributed by atoms with van der Waals surface area (Å²) < 4.78 is 6.19. The monoisotopic (exact) mass is 240 g/mol. The number of ether oxygens (including phenoxy) is 1. The average molecular weight is 240 g/mol. The van der Waals surface area contributed by atoms with E-state index in [1.54, 1.807) is 0 Å². The highest BCUT2D eigenvalue weighted by Gasteiger charge is 2.44. The highest BCUT2D eigenvalue weighted by Crippen LogP contribution is 2.41. The molecule has 2 saturated carbocycles. The Bertz CT molecular complexity index is 215. The van der Waals surface area contributed by atoms with Gasteiger partial charge in [-0.15, -0.1) is 0 Å². The molecule has 3 N–H and O–H groups in total. The van der Waals surface area contributed by atoms with Crippen LogP contribution in [0, 0.1) is 5.92 Å². The van der Waals surface area contributed by atoms with Crippen molar-refractivity contribution in [3.8, 4) is 0 Å². The highest BCUT2D eigenvalue weighted by molar-refractivity contribution is 4.99. The average Bonchev–Trinajstić information content (AvgIpc) is 2.85. The predicted octanol–water partition coefficient (Wildman–Crippen LogP) is 2.75. The van der Waals surface area contributed by atoms with Crippen molar-refractivity contribution in [2.45, 2.75) is 76.4 Å². The summed E-state index contributed by atoms with van der Waals surface area (Å²) in [4.78, 5) is 0. The summed E-state index contributed by atoms with van der Waals surface area (Å²) in [7, 11) is 0. The maximum atomic E-state index is 6.19. The quantitative estimate of drug-likeness (QED) is 0.574. The van der Waals surface area contributed by atoms with Gasteiger partial charge in [0, 0.05) is 6.61 Å². The molecule has 0 bridgehead atoms. The Labute approximate surface area is 105 Å². The van der Waals surface area contributed by atoms with Gasteiger partial charge >= 0.3 is 0 Å². The Hall–Kier alpha value is -0.120. The molecular weight excluding hydrogens is 212 g/mol. The van der Waals surface area contributed by atoms with E-state index in [0.29, 0.717) is 6.04 Å². The summed E-state index contributed by atoms with van der Waals surface area (Å²) in [6, 6.07) is 0.366. The van der Waals surface area contributed by atoms with Crippen LogP contribution >= 0.6 is 0 Å². The molecule has 1 unspecified atom stereocenters. The second kappa shape index (κ2) is 6.17. The Morgan fingerprint density at radius 3 is 2.35 bits per heavy atom. The van der Waals surface area contributed by atoms with Gasteiger partial charge in [-0.05, 0) is 38.5 Å². The van der Waals surface area contributed by atoms with Gasteiger partial charge in [0.15, 0.2) is 0 Å². The zero-order valence-electron chi connectivity index (χ0n) is 11.2. The van der Waals surface area contributed by atoms with Crippen molar-refractivity contribution in [2.24, 2.45) is 11.8 Å². The molecule has 0 aromatic heterocycles. The van der Waals surface area contributed by atoms with Gasteiger partial charge in [-0.2, -0.15) is 0 Å². The van der Waals surface area contributed by atoms with E-state index in [2.05, 4.69) is 12.3 Å². The smallest absolute Gasteiger partial charge is 0.0850 e. The first kappa shape index (κ1) is 13.3. The van der Waals surface area contributed by atoms with Gasteiger partial charge in [-0.25, -0.2) is 0 Å². The van der Waals surface area contributed by atoms with E-state index in [1.807, 2.05) is 0 Å². The molecule has 1 atom stereocenters. The van der Waals surface area contributed by atoms with E-state index >= 15 is 0 Å². The van der Waals surface area contributed by atoms with Crippen LogP contribution in [0.2, 0.25) is 0 Å². The number of nitrogens with two attached hydrogens (primary N) is 1. The molecule has 0 amide bonds. The van der Waals surface area contributed by atoms with E-state index in [1.165, 1.54) is 57.8 Å². The molecule has 3 nitrogen and oxygen atoms in total. The molecule has 2 fully saturated rings. The van der Waals surface area contributed by atoms with Crippen LogP contribution in [0.15, 0.2) is 0 Å². The second-order valence-corrected chi connectivity index (χ2v) is 5.75. The van der Waals surface area contributed by atoms with Gasteiger partial charge in [0.05, 0.1) is 11.6 Å². The molecule has 0 aliphatic heterocycles. The van der Waals surface area contributed by atoms with Gasteiger partial charge in [0.25, 0.3) is 0 Å². The minimum Gasteiger partial charge on any atom is -0.374 e. The van der Waals surface area contributed by atoms with Crippen LogP contribution in [0.3, 0.4) is 0 Å². The van der Waals surface area contributed by atoms with Crippen molar-refractivity contribution in [2.75, 3.05) is 6.61 Å². The third-order valence-electron chi connectivity index (χ3n) is 4.75. The van der Waals surface area contributed by atoms with Crippen molar-refractivity contribution in [1.29, 1.82) is 0 Å². The molecule has 2 aliphatic carbocycles. The Morgan fingerprint density at radius 2 is 1.82 bits per heavy atom. The SMILES string of the molecule is CCOC1(C(NN)C2CCCC2)CCCCC1. The number of nitrogens with one attached hydrogen (secondary N) is 1. The molecule has 0 aromatic carbocycles. The van der Waals surface area contributed by atoms with Gasteiger partial charge in [-0.3, -0.25) is 11.3 Å². The molecule has 2 aliphatic rings. The minimum atomic E-state index is 0.0246. The molecule has 0 spiro atoms. The van der Waals surface area contributed by atoms with Crippen molar-refractivity contribution in [1.82, 2.24) is 5.43 Å². The molecule has 100 valence electrons. The van der Waals surface area contributed by atoms with E-state index in [4.69, 9.17) is 10.6 Å². The van der Waals surface area contributed by atoms with Gasteiger partial charge < -0.3 is 4.74 Å². The van der Waals surface area contributed by atoms with Gasteiger partial charge in [-0.1, -0.05) is 32.1 Å². The fraction of sp³-hybridized carbons (Fsp3) is 1.00. The lowest BCUT2D eigenvalue weighted by molar-refractivity contribution is -0.102. The van der Waals surface area contributed by atoms with E-state index in [0.717, 1.165) is 12.5 Å². The molecule has 2 rings (SSSR count). The van der Waals surface area contributed by atoms with E-state index < -0.39 is 0 Å². The molecule has 3 heteroatoms. The van der Waals surface area contributed by atoms with Crippen LogP contribution in [-0.2, 0) is 4.74 Å². The zero-order chi connectivity index (χ0) is 12.1. The van der Waals surface area contributed by atoms with Crippen molar-refractivity contribution < 1.29 is 4.74 Å². The lowest BCUT2D eigenvalue weighted by Gasteiger charge is -2.45. The molecule has 0 heterocycles. The van der Waals surface area contributed by atoms with Crippen LogP contribution < -0.4 is 11.3 Å². The van der Waals surface area contributed by atoms with Crippen LogP contribution in [-0.4, -0.2) is 18.2 Å². The maximum absolute atomic E-state index is 6.19. The lowest BCUT2D eigenvalue weighted by atomic mass is 9.74. The van der Waals surface area contributed by atoms with Crippen molar-refractivity contribution in [3.05, 3.63) is 0 Å². The number of rotatable bonds is 5. The fourth-order valence-corrected chi connectivity index (χ4v) is 3.99. The highest BCUT2D eigenvalue weighted by atomic mass is 16.5. The lowest BCUT2D eigenvalue weighted by Crippen LogP contribution is -2.58. The van der Waals surface area contributed by atoms with Crippen LogP contribution in [0.5, 0.6) is 0 Å². The summed E-state index contributed by atoms with van der Waals surface area (Å²) in [5.74, 6) is 6.60. The molecule has 17 heavy (non-hydrogen) atoms. The summed E-state index contributed by atoms with van der Waals surface area (Å²) in [5, 5.41) is 0. The summed E-state index contributed by atoms with van der Waals surface area (Å²) in [6.45, 7) is 2.92. The third-order valence-corrected chi connectivity index (χ3v) is 4.75. The fourth-order valence-electron chi connectivity index (χ4n) is 3.99. The largest absolute Gasteiger partial charge is 0.374 e. The first-order valence-electron chi connectivity index (χ1n) is 7.42. The van der Waals surface area contributed by atoms with Crippen LogP contribution in [0.4, 0.5) is 0 Å². The Morgan fingerprint density at radius 1 is 1.18 bits per heavy atom. The summed E-state index contributed by atoms with van der Waals surface area (Å²) in [5.41, 5.74) is 3.14. The molecule has 0 aromatic rings. The summed E-state index contributed by atoms with van der Waals surface area (Å²) in [6.07, 6.45) is 11.7. The Balaban J connectivity index is 2.10. The topological polar surface area (TPSA) is 47.3 Å². The maximum Gasteiger partial charge on any atom is 0.0850 e. The third kappa shape index (κ3) is 2.83. The zero-order valence-corrected chi connectivity index (χ0v) is 11.2. The van der Waals surface area contributed by atoms with Gasteiger partial charge in [0.2, 0.25) is 0 Å². The van der Waals surface area contributed by atoms with Crippen molar-refractivity contribution >= 4 is 0 Å². The number of hydrogen-bond donors (Lipinski definition) is 2. The first-order valence-corrected chi connectivity index (χ1v) is 7.42. The molecule has 0 saturated heterocycles. The first-order chi connectivity index (χ1) is 8.32. The number of hydrogen-bond acceptors (Lipinski definition) is 3. The van der Waals surface area contributed by atoms with Crippen LogP contribution in [0.25, 0.3) is 0 Å². The minimum absolute atomic E-state index is 0.0246. The summed E-state index contributed by atoms with van der Waals surface area (Å²) >= 11 is 0. The standard InChI is InChI=1S/C14H28N2O/c1-2-17-14(10-6-3-7-11-14)13(16-15)12-8-4-5-9-12/h12-13,16H,2-11,15H2,1H3. The normalized spacial score (nSPS) is 27.2.